The topological polar surface area (TPSA) is 46.8 Å². The van der Waals surface area contributed by atoms with Crippen LogP contribution in [-0.4, -0.2) is 37.7 Å². The van der Waals surface area contributed by atoms with Gasteiger partial charge in [0.1, 0.15) is 12.2 Å². The van der Waals surface area contributed by atoms with Crippen molar-refractivity contribution in [2.75, 3.05) is 13.1 Å². The van der Waals surface area contributed by atoms with Crippen molar-refractivity contribution >= 4 is 11.3 Å². The van der Waals surface area contributed by atoms with Gasteiger partial charge in [-0.1, -0.05) is 6.92 Å². The van der Waals surface area contributed by atoms with Crippen LogP contribution in [0.25, 0.3) is 0 Å². The third-order valence-electron chi connectivity index (χ3n) is 4.27. The monoisotopic (exact) mass is 305 g/mol. The van der Waals surface area contributed by atoms with Gasteiger partial charge in [-0.2, -0.15) is 0 Å². The molecule has 0 spiro atoms. The van der Waals surface area contributed by atoms with Crippen LogP contribution < -0.4 is 0 Å². The van der Waals surface area contributed by atoms with Gasteiger partial charge in [-0.05, 0) is 39.3 Å². The number of hydrogen-bond donors (Lipinski definition) is 0. The molecule has 2 aromatic heterocycles. The minimum absolute atomic E-state index is 0.567. The summed E-state index contributed by atoms with van der Waals surface area (Å²) in [5.41, 5.74) is 3.13. The number of piperidine rings is 1. The summed E-state index contributed by atoms with van der Waals surface area (Å²) >= 11 is 1.77. The quantitative estimate of drug-likeness (QED) is 0.852. The molecule has 2 aromatic rings. The van der Waals surface area contributed by atoms with Crippen molar-refractivity contribution in [3.8, 4) is 0 Å². The smallest absolute Gasteiger partial charge is 0.136 e. The van der Waals surface area contributed by atoms with Gasteiger partial charge in [-0.3, -0.25) is 4.90 Å². The van der Waals surface area contributed by atoms with Crippen LogP contribution in [0.1, 0.15) is 48.5 Å². The first-order valence-corrected chi connectivity index (χ1v) is 8.65. The molecule has 0 atom stereocenters. The molecule has 1 aliphatic rings. The van der Waals surface area contributed by atoms with Gasteiger partial charge in [-0.15, -0.1) is 21.5 Å². The highest BCUT2D eigenvalue weighted by Gasteiger charge is 2.24. The second-order valence-electron chi connectivity index (χ2n) is 5.79. The average Bonchev–Trinajstić information content (AvgIpc) is 3.10. The maximum atomic E-state index is 4.36. The standard InChI is InChI=1S/C15H23N5S/c1-3-6-20-10-17-18-15(20)13-4-7-19(8-5-13)9-14-12(2)16-11-21-14/h10-11,13H,3-9H2,1-2H3. The highest BCUT2D eigenvalue weighted by molar-refractivity contribution is 7.09. The summed E-state index contributed by atoms with van der Waals surface area (Å²) in [5, 5.41) is 8.46. The van der Waals surface area contributed by atoms with Crippen LogP contribution in [0.15, 0.2) is 11.8 Å². The predicted octanol–water partition coefficient (Wildman–Crippen LogP) is 2.83. The maximum absolute atomic E-state index is 4.36. The molecule has 0 bridgehead atoms. The number of aryl methyl sites for hydroxylation is 2. The third-order valence-corrected chi connectivity index (χ3v) is 5.19. The summed E-state index contributed by atoms with van der Waals surface area (Å²) in [4.78, 5) is 8.28. The molecule has 0 radical (unpaired) electrons. The van der Waals surface area contributed by atoms with E-state index in [9.17, 15) is 0 Å². The van der Waals surface area contributed by atoms with E-state index in [1.54, 1.807) is 11.3 Å². The van der Waals surface area contributed by atoms with Gasteiger partial charge in [0.25, 0.3) is 0 Å². The van der Waals surface area contributed by atoms with Crippen molar-refractivity contribution in [3.05, 3.63) is 28.2 Å². The molecule has 0 N–H and O–H groups in total. The lowest BCUT2D eigenvalue weighted by Crippen LogP contribution is -2.33. The van der Waals surface area contributed by atoms with E-state index < -0.39 is 0 Å². The zero-order valence-electron chi connectivity index (χ0n) is 12.8. The molecule has 1 aliphatic heterocycles. The molecule has 0 amide bonds. The van der Waals surface area contributed by atoms with E-state index in [1.807, 2.05) is 11.8 Å². The van der Waals surface area contributed by atoms with Crippen molar-refractivity contribution in [1.82, 2.24) is 24.6 Å². The lowest BCUT2D eigenvalue weighted by molar-refractivity contribution is 0.201. The molecule has 3 heterocycles. The molecule has 5 nitrogen and oxygen atoms in total. The second kappa shape index (κ2) is 6.66. The van der Waals surface area contributed by atoms with Crippen LogP contribution >= 0.6 is 11.3 Å². The molecular weight excluding hydrogens is 282 g/mol. The zero-order chi connectivity index (χ0) is 14.7. The average molecular weight is 305 g/mol. The zero-order valence-corrected chi connectivity index (χ0v) is 13.6. The SMILES string of the molecule is CCCn1cnnc1C1CCN(Cc2scnc2C)CC1. The summed E-state index contributed by atoms with van der Waals surface area (Å²) < 4.78 is 2.23. The lowest BCUT2D eigenvalue weighted by Gasteiger charge is -2.31. The maximum Gasteiger partial charge on any atom is 0.136 e. The van der Waals surface area contributed by atoms with E-state index in [4.69, 9.17) is 0 Å². The van der Waals surface area contributed by atoms with Gasteiger partial charge in [0.05, 0.1) is 11.2 Å². The van der Waals surface area contributed by atoms with Crippen molar-refractivity contribution in [2.45, 2.75) is 52.1 Å². The Balaban J connectivity index is 1.57. The van der Waals surface area contributed by atoms with Crippen LogP contribution in [0.4, 0.5) is 0 Å². The normalized spacial score (nSPS) is 17.4. The Labute approximate surface area is 130 Å². The minimum atomic E-state index is 0.567. The first-order chi connectivity index (χ1) is 10.3. The summed E-state index contributed by atoms with van der Waals surface area (Å²) in [5.74, 6) is 1.75. The van der Waals surface area contributed by atoms with Crippen molar-refractivity contribution < 1.29 is 0 Å². The summed E-state index contributed by atoms with van der Waals surface area (Å²) in [6, 6.07) is 0. The Morgan fingerprint density at radius 3 is 2.81 bits per heavy atom. The van der Waals surface area contributed by atoms with E-state index in [0.29, 0.717) is 5.92 Å². The van der Waals surface area contributed by atoms with Gasteiger partial charge in [0, 0.05) is 23.9 Å². The number of thiazole rings is 1. The molecule has 1 saturated heterocycles. The van der Waals surface area contributed by atoms with Gasteiger partial charge < -0.3 is 4.57 Å². The fourth-order valence-electron chi connectivity index (χ4n) is 3.02. The lowest BCUT2D eigenvalue weighted by atomic mass is 9.96. The highest BCUT2D eigenvalue weighted by atomic mass is 32.1. The van der Waals surface area contributed by atoms with E-state index >= 15 is 0 Å². The summed E-state index contributed by atoms with van der Waals surface area (Å²) in [6.45, 7) is 8.66. The molecule has 0 aromatic carbocycles. The number of likely N-dealkylation sites (tertiary alicyclic amines) is 1. The van der Waals surface area contributed by atoms with Gasteiger partial charge >= 0.3 is 0 Å². The second-order valence-corrected chi connectivity index (χ2v) is 6.73. The van der Waals surface area contributed by atoms with Crippen LogP contribution in [-0.2, 0) is 13.1 Å². The number of hydrogen-bond acceptors (Lipinski definition) is 5. The summed E-state index contributed by atoms with van der Waals surface area (Å²) in [7, 11) is 0. The molecule has 0 aliphatic carbocycles. The van der Waals surface area contributed by atoms with Crippen molar-refractivity contribution in [1.29, 1.82) is 0 Å². The van der Waals surface area contributed by atoms with Gasteiger partial charge in [0.2, 0.25) is 0 Å². The first kappa shape index (κ1) is 14.7. The van der Waals surface area contributed by atoms with Crippen molar-refractivity contribution in [2.24, 2.45) is 0 Å². The fourth-order valence-corrected chi connectivity index (χ4v) is 3.84. The van der Waals surface area contributed by atoms with Gasteiger partial charge in [-0.25, -0.2) is 4.98 Å². The van der Waals surface area contributed by atoms with Crippen LogP contribution in [0.2, 0.25) is 0 Å². The molecule has 0 saturated carbocycles. The third kappa shape index (κ3) is 3.32. The highest BCUT2D eigenvalue weighted by Crippen LogP contribution is 2.28. The largest absolute Gasteiger partial charge is 0.317 e. The predicted molar refractivity (Wildman–Crippen MR) is 84.4 cm³/mol. The van der Waals surface area contributed by atoms with E-state index in [0.717, 1.165) is 32.6 Å². The summed E-state index contributed by atoms with van der Waals surface area (Å²) in [6.07, 6.45) is 5.38. The van der Waals surface area contributed by atoms with E-state index in [1.165, 1.54) is 29.2 Å². The van der Waals surface area contributed by atoms with Crippen LogP contribution in [0.3, 0.4) is 0 Å². The van der Waals surface area contributed by atoms with E-state index in [2.05, 4.69) is 38.5 Å². The molecule has 21 heavy (non-hydrogen) atoms. The fraction of sp³-hybridized carbons (Fsp3) is 0.667. The number of rotatable bonds is 5. The number of nitrogens with zero attached hydrogens (tertiary/aromatic N) is 5. The Bertz CT molecular complexity index is 568. The molecule has 114 valence electrons. The van der Waals surface area contributed by atoms with Crippen molar-refractivity contribution in [3.63, 3.8) is 0 Å². The molecule has 3 rings (SSSR count). The number of aromatic nitrogens is 4. The Hall–Kier alpha value is -1.27. The molecule has 0 unspecified atom stereocenters. The minimum Gasteiger partial charge on any atom is -0.317 e. The Kier molecular flexibility index (Phi) is 4.65. The van der Waals surface area contributed by atoms with E-state index in [-0.39, 0.29) is 0 Å². The van der Waals surface area contributed by atoms with Crippen LogP contribution in [0, 0.1) is 6.92 Å². The van der Waals surface area contributed by atoms with Crippen LogP contribution in [0.5, 0.6) is 0 Å². The Morgan fingerprint density at radius 2 is 2.14 bits per heavy atom. The molecular formula is C15H23N5S. The Morgan fingerprint density at radius 1 is 1.33 bits per heavy atom. The molecule has 6 heteroatoms. The molecule has 1 fully saturated rings. The first-order valence-electron chi connectivity index (χ1n) is 7.77. The van der Waals surface area contributed by atoms with Gasteiger partial charge in [0.15, 0.2) is 0 Å².